The van der Waals surface area contributed by atoms with Gasteiger partial charge >= 0.3 is 0 Å². The molecule has 0 aromatic heterocycles. The molecule has 1 amide bonds. The Hall–Kier alpha value is -4.45. The minimum absolute atomic E-state index is 0.0972. The van der Waals surface area contributed by atoms with Gasteiger partial charge in [-0.05, 0) is 53.4 Å². The molecule has 196 valence electrons. The van der Waals surface area contributed by atoms with Crippen LogP contribution in [0.15, 0.2) is 97.1 Å². The number of rotatable bonds is 12. The topological polar surface area (TPSA) is 66.0 Å². The number of amides is 1. The van der Waals surface area contributed by atoms with Gasteiger partial charge in [-0.2, -0.15) is 0 Å². The highest BCUT2D eigenvalue weighted by Gasteiger charge is 2.15. The Morgan fingerprint density at radius 3 is 1.84 bits per heavy atom. The van der Waals surface area contributed by atoms with Gasteiger partial charge in [0.1, 0.15) is 13.2 Å². The smallest absolute Gasteiger partial charge is 0.224 e. The molecule has 4 aromatic carbocycles. The Balaban J connectivity index is 1.36. The fourth-order valence-electron chi connectivity index (χ4n) is 4.05. The average Bonchev–Trinajstić information content (AvgIpc) is 2.96. The number of hydrogen-bond acceptors (Lipinski definition) is 5. The second kappa shape index (κ2) is 13.2. The Bertz CT molecular complexity index is 1320. The van der Waals surface area contributed by atoms with Crippen LogP contribution in [0.25, 0.3) is 0 Å². The van der Waals surface area contributed by atoms with Gasteiger partial charge in [0.15, 0.2) is 23.0 Å². The second-order valence-electron chi connectivity index (χ2n) is 8.91. The lowest BCUT2D eigenvalue weighted by molar-refractivity contribution is -0.121. The molecular weight excluding hydrogens is 478 g/mol. The monoisotopic (exact) mass is 511 g/mol. The molecule has 0 bridgehead atoms. The third-order valence-corrected chi connectivity index (χ3v) is 6.13. The predicted octanol–water partition coefficient (Wildman–Crippen LogP) is 6.28. The number of hydrogen-bond donors (Lipinski definition) is 1. The van der Waals surface area contributed by atoms with Crippen LogP contribution in [0, 0.1) is 0 Å². The van der Waals surface area contributed by atoms with E-state index < -0.39 is 0 Å². The van der Waals surface area contributed by atoms with E-state index in [9.17, 15) is 4.79 Å². The van der Waals surface area contributed by atoms with Crippen LogP contribution in [-0.4, -0.2) is 20.1 Å². The van der Waals surface area contributed by atoms with Gasteiger partial charge in [-0.25, -0.2) is 0 Å². The van der Waals surface area contributed by atoms with Gasteiger partial charge in [-0.1, -0.05) is 72.8 Å². The molecule has 38 heavy (non-hydrogen) atoms. The average molecular weight is 512 g/mol. The predicted molar refractivity (Wildman–Crippen MR) is 148 cm³/mol. The van der Waals surface area contributed by atoms with E-state index in [0.717, 1.165) is 22.3 Å². The van der Waals surface area contributed by atoms with E-state index in [2.05, 4.69) is 5.32 Å². The first-order valence-corrected chi connectivity index (χ1v) is 12.5. The number of carbonyl (C=O) groups excluding carboxylic acids is 1. The van der Waals surface area contributed by atoms with Gasteiger partial charge in [0, 0.05) is 0 Å². The molecule has 6 nitrogen and oxygen atoms in total. The molecule has 0 spiro atoms. The van der Waals surface area contributed by atoms with E-state index in [4.69, 9.17) is 18.9 Å². The summed E-state index contributed by atoms with van der Waals surface area (Å²) in [5.74, 6) is 2.40. The summed E-state index contributed by atoms with van der Waals surface area (Å²) in [4.78, 5) is 12.9. The number of ether oxygens (including phenoxy) is 4. The largest absolute Gasteiger partial charge is 0.493 e. The maximum absolute atomic E-state index is 12.9. The first-order chi connectivity index (χ1) is 18.6. The molecule has 4 rings (SSSR count). The summed E-state index contributed by atoms with van der Waals surface area (Å²) >= 11 is 0. The summed E-state index contributed by atoms with van der Waals surface area (Å²) in [6, 6.07) is 30.9. The van der Waals surface area contributed by atoms with Crippen molar-refractivity contribution in [1.82, 2.24) is 5.32 Å². The van der Waals surface area contributed by atoms with Crippen molar-refractivity contribution in [3.05, 3.63) is 119 Å². The molecule has 6 heteroatoms. The molecule has 1 atom stereocenters. The van der Waals surface area contributed by atoms with Crippen molar-refractivity contribution in [2.45, 2.75) is 32.6 Å². The van der Waals surface area contributed by atoms with Crippen molar-refractivity contribution >= 4 is 5.91 Å². The first kappa shape index (κ1) is 26.6. The molecule has 0 fully saturated rings. The van der Waals surface area contributed by atoms with Crippen LogP contribution in [0.5, 0.6) is 23.0 Å². The molecule has 0 saturated carbocycles. The standard InChI is InChI=1S/C32H33NO5/c1-23(27-15-17-29(30(20-27)36-3)37-21-24-10-6-4-7-11-24)33-32(34)19-26-14-16-28(35-2)31(18-26)38-22-25-12-8-5-9-13-25/h4-18,20,23H,19,21-22H2,1-3H3,(H,33,34). The Morgan fingerprint density at radius 2 is 1.24 bits per heavy atom. The lowest BCUT2D eigenvalue weighted by Gasteiger charge is -2.18. The summed E-state index contributed by atoms with van der Waals surface area (Å²) < 4.78 is 22.9. The minimum Gasteiger partial charge on any atom is -0.493 e. The van der Waals surface area contributed by atoms with Crippen molar-refractivity contribution in [3.8, 4) is 23.0 Å². The van der Waals surface area contributed by atoms with Crippen LogP contribution < -0.4 is 24.3 Å². The van der Waals surface area contributed by atoms with Gasteiger partial charge in [0.2, 0.25) is 5.91 Å². The van der Waals surface area contributed by atoms with E-state index in [1.807, 2.05) is 104 Å². The molecule has 0 saturated heterocycles. The van der Waals surface area contributed by atoms with Crippen molar-refractivity contribution in [3.63, 3.8) is 0 Å². The van der Waals surface area contributed by atoms with Crippen molar-refractivity contribution in [1.29, 1.82) is 0 Å². The van der Waals surface area contributed by atoms with Crippen LogP contribution in [0.2, 0.25) is 0 Å². The zero-order valence-electron chi connectivity index (χ0n) is 22.0. The number of methoxy groups -OCH3 is 2. The van der Waals surface area contributed by atoms with E-state index in [1.54, 1.807) is 14.2 Å². The molecule has 4 aromatic rings. The SMILES string of the molecule is COc1cc(C(C)NC(=O)Cc2ccc(OC)c(OCc3ccccc3)c2)ccc1OCc1ccccc1. The molecule has 0 aliphatic rings. The summed E-state index contributed by atoms with van der Waals surface area (Å²) in [6.07, 6.45) is 0.214. The molecule has 1 unspecified atom stereocenters. The summed E-state index contributed by atoms with van der Waals surface area (Å²) in [5.41, 5.74) is 3.88. The van der Waals surface area contributed by atoms with Crippen LogP contribution >= 0.6 is 0 Å². The maximum atomic E-state index is 12.9. The Labute approximate surface area is 224 Å². The second-order valence-corrected chi connectivity index (χ2v) is 8.91. The zero-order valence-corrected chi connectivity index (χ0v) is 22.0. The highest BCUT2D eigenvalue weighted by Crippen LogP contribution is 2.32. The van der Waals surface area contributed by atoms with Crippen LogP contribution in [0.3, 0.4) is 0 Å². The summed E-state index contributed by atoms with van der Waals surface area (Å²) in [6.45, 7) is 2.80. The van der Waals surface area contributed by atoms with Gasteiger partial charge in [-0.15, -0.1) is 0 Å². The molecule has 1 N–H and O–H groups in total. The maximum Gasteiger partial charge on any atom is 0.224 e. The first-order valence-electron chi connectivity index (χ1n) is 12.5. The molecular formula is C32H33NO5. The van der Waals surface area contributed by atoms with Crippen LogP contribution in [0.4, 0.5) is 0 Å². The van der Waals surface area contributed by atoms with Gasteiger partial charge < -0.3 is 24.3 Å². The fraction of sp³-hybridized carbons (Fsp3) is 0.219. The molecule has 0 aliphatic carbocycles. The lowest BCUT2D eigenvalue weighted by Crippen LogP contribution is -2.28. The molecule has 0 heterocycles. The highest BCUT2D eigenvalue weighted by atomic mass is 16.5. The molecule has 0 radical (unpaired) electrons. The quantitative estimate of drug-likeness (QED) is 0.242. The van der Waals surface area contributed by atoms with Crippen molar-refractivity contribution < 1.29 is 23.7 Å². The van der Waals surface area contributed by atoms with Crippen molar-refractivity contribution in [2.75, 3.05) is 14.2 Å². The Morgan fingerprint density at radius 1 is 0.658 bits per heavy atom. The normalized spacial score (nSPS) is 11.3. The van der Waals surface area contributed by atoms with E-state index in [-0.39, 0.29) is 18.4 Å². The van der Waals surface area contributed by atoms with E-state index in [0.29, 0.717) is 36.2 Å². The van der Waals surface area contributed by atoms with Gasteiger partial charge in [-0.3, -0.25) is 4.79 Å². The van der Waals surface area contributed by atoms with E-state index in [1.165, 1.54) is 0 Å². The zero-order chi connectivity index (χ0) is 26.7. The highest BCUT2D eigenvalue weighted by molar-refractivity contribution is 5.79. The van der Waals surface area contributed by atoms with Crippen LogP contribution in [-0.2, 0) is 24.4 Å². The van der Waals surface area contributed by atoms with Gasteiger partial charge in [0.25, 0.3) is 0 Å². The summed E-state index contributed by atoms with van der Waals surface area (Å²) in [7, 11) is 3.21. The number of nitrogens with one attached hydrogen (secondary N) is 1. The fourth-order valence-corrected chi connectivity index (χ4v) is 4.05. The van der Waals surface area contributed by atoms with E-state index >= 15 is 0 Å². The molecule has 0 aliphatic heterocycles. The third-order valence-electron chi connectivity index (χ3n) is 6.13. The van der Waals surface area contributed by atoms with Gasteiger partial charge in [0.05, 0.1) is 26.7 Å². The minimum atomic E-state index is -0.216. The number of benzene rings is 4. The summed E-state index contributed by atoms with van der Waals surface area (Å²) in [5, 5.41) is 3.07. The Kier molecular flexibility index (Phi) is 9.24. The van der Waals surface area contributed by atoms with Crippen molar-refractivity contribution in [2.24, 2.45) is 0 Å². The lowest BCUT2D eigenvalue weighted by atomic mass is 10.1. The third kappa shape index (κ3) is 7.29. The number of carbonyl (C=O) groups is 1. The van der Waals surface area contributed by atoms with Crippen LogP contribution in [0.1, 0.15) is 35.2 Å².